The van der Waals surface area contributed by atoms with E-state index in [2.05, 4.69) is 33.3 Å². The van der Waals surface area contributed by atoms with Crippen LogP contribution in [0.15, 0.2) is 51.3 Å². The Kier molecular flexibility index (Phi) is 6.61. The van der Waals surface area contributed by atoms with Gasteiger partial charge in [-0.15, -0.1) is 10.2 Å². The van der Waals surface area contributed by atoms with Gasteiger partial charge in [0.2, 0.25) is 5.89 Å². The molecule has 1 N–H and O–H groups in total. The Morgan fingerprint density at radius 3 is 2.76 bits per heavy atom. The van der Waals surface area contributed by atoms with Gasteiger partial charge >= 0.3 is 0 Å². The van der Waals surface area contributed by atoms with Crippen molar-refractivity contribution in [2.75, 3.05) is 32.8 Å². The molecular weight excluding hydrogens is 470 g/mol. The van der Waals surface area contributed by atoms with Gasteiger partial charge in [0, 0.05) is 24.9 Å². The average molecular weight is 504 g/mol. The van der Waals surface area contributed by atoms with Gasteiger partial charge in [-0.3, -0.25) is 0 Å². The molecule has 1 fully saturated rings. The Balaban J connectivity index is 1.03. The normalized spacial score (nSPS) is 17.3. The highest BCUT2D eigenvalue weighted by Crippen LogP contribution is 2.35. The molecule has 1 saturated heterocycles. The number of likely N-dealkylation sites (tertiary alicyclic amines) is 1. The van der Waals surface area contributed by atoms with Gasteiger partial charge in [-0.25, -0.2) is 0 Å². The smallest absolute Gasteiger partial charge is 0.283 e. The minimum Gasteiger partial charge on any atom is -0.493 e. The summed E-state index contributed by atoms with van der Waals surface area (Å²) >= 11 is 0. The number of aromatic nitrogens is 2. The number of hydrogen-bond donors (Lipinski definition) is 1. The summed E-state index contributed by atoms with van der Waals surface area (Å²) in [5.41, 5.74) is 3.43. The summed E-state index contributed by atoms with van der Waals surface area (Å²) in [6, 6.07) is 14.2. The molecule has 4 heterocycles. The zero-order valence-corrected chi connectivity index (χ0v) is 21.4. The monoisotopic (exact) mass is 503 g/mol. The zero-order chi connectivity index (χ0) is 25.4. The number of rotatable bonds is 8. The molecule has 2 aliphatic rings. The first kappa shape index (κ1) is 24.0. The molecule has 0 radical (unpaired) electrons. The maximum absolute atomic E-state index is 10.7. The molecule has 0 spiro atoms. The maximum Gasteiger partial charge on any atom is 0.283 e. The van der Waals surface area contributed by atoms with Crippen LogP contribution in [-0.2, 0) is 6.42 Å². The summed E-state index contributed by atoms with van der Waals surface area (Å²) in [6.07, 6.45) is 2.62. The molecule has 2 aromatic heterocycles. The second kappa shape index (κ2) is 10.2. The lowest BCUT2D eigenvalue weighted by Gasteiger charge is -2.33. The van der Waals surface area contributed by atoms with Crippen molar-refractivity contribution in [1.29, 1.82) is 0 Å². The second-order valence-corrected chi connectivity index (χ2v) is 10.4. The number of fused-ring (bicyclic) bond motifs is 2. The molecule has 8 nitrogen and oxygen atoms in total. The highest BCUT2D eigenvalue weighted by molar-refractivity contribution is 5.87. The lowest BCUT2D eigenvalue weighted by atomic mass is 9.88. The summed E-state index contributed by atoms with van der Waals surface area (Å²) in [7, 11) is 0. The fourth-order valence-corrected chi connectivity index (χ4v) is 5.28. The molecule has 4 aromatic rings. The Morgan fingerprint density at radius 2 is 1.95 bits per heavy atom. The molecular formula is C29H33N3O5. The molecule has 2 aliphatic heterocycles. The summed E-state index contributed by atoms with van der Waals surface area (Å²) in [5, 5.41) is 19.7. The number of benzene rings is 2. The fraction of sp³-hybridized carbons (Fsp3) is 0.448. The number of aliphatic hydroxyl groups is 1. The zero-order valence-electron chi connectivity index (χ0n) is 21.4. The molecule has 0 saturated carbocycles. The van der Waals surface area contributed by atoms with Crippen molar-refractivity contribution < 1.29 is 23.4 Å². The van der Waals surface area contributed by atoms with Gasteiger partial charge in [-0.2, -0.15) is 0 Å². The first-order valence-corrected chi connectivity index (χ1v) is 13.2. The Morgan fingerprint density at radius 1 is 1.08 bits per heavy atom. The number of nitrogens with zero attached hydrogens (tertiary/aromatic N) is 3. The first-order valence-electron chi connectivity index (χ1n) is 13.2. The Hall–Kier alpha value is -3.36. The third-order valence-corrected chi connectivity index (χ3v) is 7.34. The largest absolute Gasteiger partial charge is 0.493 e. The summed E-state index contributed by atoms with van der Waals surface area (Å²) in [6.45, 7) is 7.54. The van der Waals surface area contributed by atoms with Gasteiger partial charge < -0.3 is 28.3 Å². The predicted molar refractivity (Wildman–Crippen MR) is 139 cm³/mol. The van der Waals surface area contributed by atoms with E-state index in [0.717, 1.165) is 50.1 Å². The van der Waals surface area contributed by atoms with Crippen LogP contribution < -0.4 is 9.47 Å². The van der Waals surface area contributed by atoms with Gasteiger partial charge in [0.1, 0.15) is 29.8 Å². The van der Waals surface area contributed by atoms with E-state index in [9.17, 15) is 5.11 Å². The predicted octanol–water partition coefficient (Wildman–Crippen LogP) is 5.16. The van der Waals surface area contributed by atoms with Crippen LogP contribution in [0, 0.1) is 0 Å². The van der Waals surface area contributed by atoms with Crippen molar-refractivity contribution >= 4 is 11.0 Å². The van der Waals surface area contributed by atoms with Crippen molar-refractivity contribution in [3.8, 4) is 23.1 Å². The van der Waals surface area contributed by atoms with E-state index in [1.54, 1.807) is 0 Å². The van der Waals surface area contributed by atoms with Crippen LogP contribution in [0.2, 0.25) is 0 Å². The molecule has 0 aliphatic carbocycles. The van der Waals surface area contributed by atoms with E-state index in [4.69, 9.17) is 18.3 Å². The molecule has 1 atom stereocenters. The van der Waals surface area contributed by atoms with E-state index in [1.165, 1.54) is 11.1 Å². The number of hydrogen-bond acceptors (Lipinski definition) is 8. The molecule has 8 heteroatoms. The maximum atomic E-state index is 10.7. The molecule has 0 bridgehead atoms. The van der Waals surface area contributed by atoms with E-state index in [-0.39, 0.29) is 12.5 Å². The fourth-order valence-electron chi connectivity index (χ4n) is 5.28. The van der Waals surface area contributed by atoms with Crippen LogP contribution in [0.1, 0.15) is 55.5 Å². The molecule has 0 amide bonds. The summed E-state index contributed by atoms with van der Waals surface area (Å²) in [5.74, 6) is 3.84. The van der Waals surface area contributed by atoms with Crippen LogP contribution in [0.5, 0.6) is 11.5 Å². The van der Waals surface area contributed by atoms with Gasteiger partial charge in [-0.05, 0) is 61.2 Å². The number of furan rings is 1. The topological polar surface area (TPSA) is 94.0 Å². The van der Waals surface area contributed by atoms with Gasteiger partial charge in [0.15, 0.2) is 5.76 Å². The SMILES string of the molecule is CC(C)c1nnc(-c2cc3c(OC[C@@H](O)CN4CCC(c5ccc6c(c5)CCO6)CC4)cccc3o2)o1. The summed E-state index contributed by atoms with van der Waals surface area (Å²) < 4.78 is 23.3. The van der Waals surface area contributed by atoms with E-state index >= 15 is 0 Å². The third kappa shape index (κ3) is 5.08. The standard InChI is InChI=1S/C29H33N3O5/c1-18(2)28-30-31-29(37-28)27-15-23-25(4-3-5-26(23)36-27)35-17-22(33)16-32-11-8-19(9-12-32)20-6-7-24-21(14-20)10-13-34-24/h3-7,14-15,18-19,22,33H,8-13,16-17H2,1-2H3/t22-/m0/s1. The molecule has 0 unspecified atom stereocenters. The van der Waals surface area contributed by atoms with Crippen molar-refractivity contribution in [3.05, 3.63) is 59.5 Å². The van der Waals surface area contributed by atoms with Gasteiger partial charge in [-0.1, -0.05) is 32.0 Å². The lowest BCUT2D eigenvalue weighted by molar-refractivity contribution is 0.0599. The molecule has 194 valence electrons. The molecule has 37 heavy (non-hydrogen) atoms. The van der Waals surface area contributed by atoms with Crippen LogP contribution >= 0.6 is 0 Å². The molecule has 6 rings (SSSR count). The van der Waals surface area contributed by atoms with Crippen molar-refractivity contribution in [2.24, 2.45) is 0 Å². The summed E-state index contributed by atoms with van der Waals surface area (Å²) in [4.78, 5) is 2.33. The van der Waals surface area contributed by atoms with Crippen molar-refractivity contribution in [3.63, 3.8) is 0 Å². The van der Waals surface area contributed by atoms with E-state index < -0.39 is 6.10 Å². The van der Waals surface area contributed by atoms with Crippen LogP contribution in [0.25, 0.3) is 22.6 Å². The minimum atomic E-state index is -0.583. The lowest BCUT2D eigenvalue weighted by Crippen LogP contribution is -2.40. The second-order valence-electron chi connectivity index (χ2n) is 10.4. The Labute approximate surface area is 216 Å². The number of piperidine rings is 1. The van der Waals surface area contributed by atoms with Crippen LogP contribution in [0.4, 0.5) is 0 Å². The van der Waals surface area contributed by atoms with Gasteiger partial charge in [0.05, 0.1) is 12.0 Å². The minimum absolute atomic E-state index is 0.144. The highest BCUT2D eigenvalue weighted by Gasteiger charge is 2.24. The van der Waals surface area contributed by atoms with Crippen LogP contribution in [0.3, 0.4) is 0 Å². The Bertz CT molecular complexity index is 1370. The van der Waals surface area contributed by atoms with Crippen molar-refractivity contribution in [2.45, 2.75) is 51.0 Å². The number of β-amino-alcohol motifs (C(OH)–C–C–N with tert-alkyl or cyclic N) is 1. The highest BCUT2D eigenvalue weighted by atomic mass is 16.5. The van der Waals surface area contributed by atoms with Crippen LogP contribution in [-0.4, -0.2) is 59.2 Å². The third-order valence-electron chi connectivity index (χ3n) is 7.34. The first-order chi connectivity index (χ1) is 18.0. The average Bonchev–Trinajstić information content (AvgIpc) is 3.66. The van der Waals surface area contributed by atoms with Crippen molar-refractivity contribution in [1.82, 2.24) is 15.1 Å². The van der Waals surface area contributed by atoms with E-state index in [0.29, 0.717) is 41.3 Å². The molecule has 2 aromatic carbocycles. The van der Waals surface area contributed by atoms with E-state index in [1.807, 2.05) is 38.1 Å². The number of aliphatic hydroxyl groups excluding tert-OH is 1. The van der Waals surface area contributed by atoms with Gasteiger partial charge in [0.25, 0.3) is 5.89 Å². The number of ether oxygens (including phenoxy) is 2. The quantitative estimate of drug-likeness (QED) is 0.352.